The molecule has 2 aromatic carbocycles. The van der Waals surface area contributed by atoms with E-state index in [1.807, 2.05) is 6.07 Å². The molecule has 4 heteroatoms. The molecule has 0 aromatic heterocycles. The van der Waals surface area contributed by atoms with E-state index in [-0.39, 0.29) is 11.7 Å². The Morgan fingerprint density at radius 1 is 0.955 bits per heavy atom. The molecule has 2 aromatic rings. The third kappa shape index (κ3) is 4.02. The monoisotopic (exact) mass is 297 g/mol. The molecular weight excluding hydrogens is 278 g/mol. The number of benzene rings is 2. The number of carbonyl (C=O) groups is 2. The largest absolute Gasteiger partial charge is 0.385 e. The van der Waals surface area contributed by atoms with Gasteiger partial charge in [0.2, 0.25) is 0 Å². The van der Waals surface area contributed by atoms with Crippen molar-refractivity contribution in [3.8, 4) is 0 Å². The van der Waals surface area contributed by atoms with Crippen LogP contribution >= 0.6 is 0 Å². The van der Waals surface area contributed by atoms with E-state index in [1.165, 1.54) is 0 Å². The Hall–Kier alpha value is -2.46. The van der Waals surface area contributed by atoms with Gasteiger partial charge in [0.25, 0.3) is 5.91 Å². The van der Waals surface area contributed by atoms with Crippen molar-refractivity contribution in [1.82, 2.24) is 5.32 Å². The third-order valence-electron chi connectivity index (χ3n) is 3.26. The average Bonchev–Trinajstić information content (AvgIpc) is 2.58. The van der Waals surface area contributed by atoms with Crippen LogP contribution in [0.1, 0.15) is 32.7 Å². The summed E-state index contributed by atoms with van der Waals surface area (Å²) in [7, 11) is 1.62. The predicted octanol–water partition coefficient (Wildman–Crippen LogP) is 2.68. The van der Waals surface area contributed by atoms with Crippen molar-refractivity contribution in [2.24, 2.45) is 0 Å². The Labute approximate surface area is 130 Å². The van der Waals surface area contributed by atoms with E-state index in [1.54, 1.807) is 55.6 Å². The quantitative estimate of drug-likeness (QED) is 0.631. The van der Waals surface area contributed by atoms with Gasteiger partial charge < -0.3 is 10.1 Å². The normalized spacial score (nSPS) is 10.2. The van der Waals surface area contributed by atoms with Crippen LogP contribution in [0.4, 0.5) is 0 Å². The lowest BCUT2D eigenvalue weighted by molar-refractivity contribution is 0.0937. The van der Waals surface area contributed by atoms with Crippen molar-refractivity contribution in [3.63, 3.8) is 0 Å². The number of methoxy groups -OCH3 is 1. The van der Waals surface area contributed by atoms with Crippen molar-refractivity contribution in [2.45, 2.75) is 6.42 Å². The summed E-state index contributed by atoms with van der Waals surface area (Å²) in [5.74, 6) is -0.390. The van der Waals surface area contributed by atoms with E-state index in [0.717, 1.165) is 6.42 Å². The zero-order chi connectivity index (χ0) is 15.8. The molecule has 1 amide bonds. The van der Waals surface area contributed by atoms with Crippen molar-refractivity contribution in [1.29, 1.82) is 0 Å². The highest BCUT2D eigenvalue weighted by Crippen LogP contribution is 2.14. The summed E-state index contributed by atoms with van der Waals surface area (Å²) in [4.78, 5) is 24.8. The van der Waals surface area contributed by atoms with E-state index < -0.39 is 0 Å². The van der Waals surface area contributed by atoms with Crippen LogP contribution in [0.15, 0.2) is 54.6 Å². The summed E-state index contributed by atoms with van der Waals surface area (Å²) < 4.78 is 4.94. The second-order valence-corrected chi connectivity index (χ2v) is 4.84. The molecule has 0 bridgehead atoms. The zero-order valence-corrected chi connectivity index (χ0v) is 12.5. The van der Waals surface area contributed by atoms with Gasteiger partial charge in [-0.15, -0.1) is 0 Å². The highest BCUT2D eigenvalue weighted by Gasteiger charge is 2.17. The smallest absolute Gasteiger partial charge is 0.252 e. The van der Waals surface area contributed by atoms with Gasteiger partial charge in [-0.25, -0.2) is 0 Å². The number of amides is 1. The molecule has 22 heavy (non-hydrogen) atoms. The maximum Gasteiger partial charge on any atom is 0.252 e. The Balaban J connectivity index is 2.16. The first kappa shape index (κ1) is 15.9. The molecule has 0 unspecified atom stereocenters. The van der Waals surface area contributed by atoms with Gasteiger partial charge in [-0.3, -0.25) is 9.59 Å². The van der Waals surface area contributed by atoms with E-state index in [0.29, 0.717) is 29.8 Å². The Morgan fingerprint density at radius 2 is 1.59 bits per heavy atom. The molecule has 0 heterocycles. The number of rotatable bonds is 7. The summed E-state index contributed by atoms with van der Waals surface area (Å²) in [5.41, 5.74) is 1.38. The van der Waals surface area contributed by atoms with Crippen LogP contribution in [-0.4, -0.2) is 32.0 Å². The van der Waals surface area contributed by atoms with Crippen LogP contribution in [0.3, 0.4) is 0 Å². The minimum atomic E-state index is -0.240. The van der Waals surface area contributed by atoms with Crippen LogP contribution in [0, 0.1) is 0 Å². The van der Waals surface area contributed by atoms with Crippen molar-refractivity contribution < 1.29 is 14.3 Å². The molecule has 0 spiro atoms. The predicted molar refractivity (Wildman–Crippen MR) is 85.1 cm³/mol. The van der Waals surface area contributed by atoms with Crippen LogP contribution in [-0.2, 0) is 4.74 Å². The lowest BCUT2D eigenvalue weighted by Crippen LogP contribution is -2.27. The molecule has 0 saturated heterocycles. The first-order chi connectivity index (χ1) is 10.7. The molecular formula is C18H19NO3. The van der Waals surface area contributed by atoms with E-state index in [2.05, 4.69) is 5.32 Å². The van der Waals surface area contributed by atoms with E-state index >= 15 is 0 Å². The van der Waals surface area contributed by atoms with Gasteiger partial charge >= 0.3 is 0 Å². The molecule has 1 N–H and O–H groups in total. The Kier molecular flexibility index (Phi) is 5.86. The Bertz CT molecular complexity index is 638. The number of nitrogens with one attached hydrogen (secondary N) is 1. The van der Waals surface area contributed by atoms with Crippen molar-refractivity contribution in [2.75, 3.05) is 20.3 Å². The molecule has 0 fully saturated rings. The minimum absolute atomic E-state index is 0.150. The van der Waals surface area contributed by atoms with Gasteiger partial charge in [-0.1, -0.05) is 48.5 Å². The first-order valence-electron chi connectivity index (χ1n) is 7.20. The van der Waals surface area contributed by atoms with Gasteiger partial charge in [-0.2, -0.15) is 0 Å². The number of ketones is 1. The fourth-order valence-electron chi connectivity index (χ4n) is 2.14. The molecule has 114 valence electrons. The van der Waals surface area contributed by atoms with Gasteiger partial charge in [0.05, 0.1) is 5.56 Å². The standard InChI is InChI=1S/C18H19NO3/c1-22-13-7-12-19-18(21)16-11-6-5-10-15(16)17(20)14-8-3-2-4-9-14/h2-6,8-11H,7,12-13H2,1H3,(H,19,21). The molecule has 0 aliphatic heterocycles. The van der Waals surface area contributed by atoms with Gasteiger partial charge in [0, 0.05) is 31.4 Å². The number of ether oxygens (including phenoxy) is 1. The van der Waals surface area contributed by atoms with Gasteiger partial charge in [0.15, 0.2) is 5.78 Å². The summed E-state index contributed by atoms with van der Waals surface area (Å²) in [6, 6.07) is 15.8. The topological polar surface area (TPSA) is 55.4 Å². The number of carbonyl (C=O) groups excluding carboxylic acids is 2. The van der Waals surface area contributed by atoms with Crippen LogP contribution in [0.5, 0.6) is 0 Å². The summed E-state index contributed by atoms with van der Waals surface area (Å²) >= 11 is 0. The molecule has 0 radical (unpaired) electrons. The van der Waals surface area contributed by atoms with Crippen LogP contribution < -0.4 is 5.32 Å². The average molecular weight is 297 g/mol. The summed E-state index contributed by atoms with van der Waals surface area (Å²) in [6.45, 7) is 1.10. The molecule has 2 rings (SSSR count). The highest BCUT2D eigenvalue weighted by atomic mass is 16.5. The van der Waals surface area contributed by atoms with Crippen molar-refractivity contribution >= 4 is 11.7 Å². The van der Waals surface area contributed by atoms with Gasteiger partial charge in [0.1, 0.15) is 0 Å². The molecule has 0 saturated carbocycles. The fourth-order valence-corrected chi connectivity index (χ4v) is 2.14. The summed E-state index contributed by atoms with van der Waals surface area (Å²) in [6.07, 6.45) is 0.733. The molecule has 0 aliphatic rings. The van der Waals surface area contributed by atoms with Gasteiger partial charge in [-0.05, 0) is 12.5 Å². The minimum Gasteiger partial charge on any atom is -0.385 e. The second kappa shape index (κ2) is 8.10. The lowest BCUT2D eigenvalue weighted by Gasteiger charge is -2.09. The van der Waals surface area contributed by atoms with E-state index in [9.17, 15) is 9.59 Å². The first-order valence-corrected chi connectivity index (χ1v) is 7.20. The second-order valence-electron chi connectivity index (χ2n) is 4.84. The third-order valence-corrected chi connectivity index (χ3v) is 3.26. The number of hydrogen-bond acceptors (Lipinski definition) is 3. The maximum atomic E-state index is 12.5. The van der Waals surface area contributed by atoms with E-state index in [4.69, 9.17) is 4.74 Å². The highest BCUT2D eigenvalue weighted by molar-refractivity contribution is 6.15. The van der Waals surface area contributed by atoms with Crippen molar-refractivity contribution in [3.05, 3.63) is 71.3 Å². The fraction of sp³-hybridized carbons (Fsp3) is 0.222. The lowest BCUT2D eigenvalue weighted by atomic mass is 9.98. The number of hydrogen-bond donors (Lipinski definition) is 1. The summed E-state index contributed by atoms with van der Waals surface area (Å²) in [5, 5.41) is 2.81. The SMILES string of the molecule is COCCCNC(=O)c1ccccc1C(=O)c1ccccc1. The molecule has 4 nitrogen and oxygen atoms in total. The van der Waals surface area contributed by atoms with Crippen LogP contribution in [0.2, 0.25) is 0 Å². The zero-order valence-electron chi connectivity index (χ0n) is 12.5. The molecule has 0 atom stereocenters. The van der Waals surface area contributed by atoms with Crippen LogP contribution in [0.25, 0.3) is 0 Å². The molecule has 0 aliphatic carbocycles. The Morgan fingerprint density at radius 3 is 2.27 bits per heavy atom. The maximum absolute atomic E-state index is 12.5.